The van der Waals surface area contributed by atoms with Crippen molar-refractivity contribution >= 4 is 40.1 Å². The molecule has 0 radical (unpaired) electrons. The molecule has 3 rings (SSSR count). The topological polar surface area (TPSA) is 92.2 Å². The van der Waals surface area contributed by atoms with Gasteiger partial charge in [0.15, 0.2) is 5.17 Å². The molecule has 1 aliphatic heterocycles. The molecule has 1 aromatic rings. The molecule has 1 heterocycles. The molecule has 30 heavy (non-hydrogen) atoms. The van der Waals surface area contributed by atoms with Crippen LogP contribution in [0.3, 0.4) is 0 Å². The second kappa shape index (κ2) is 9.47. The van der Waals surface area contributed by atoms with Crippen LogP contribution in [0.1, 0.15) is 47.0 Å². The van der Waals surface area contributed by atoms with Gasteiger partial charge < -0.3 is 15.4 Å². The van der Waals surface area contributed by atoms with Gasteiger partial charge in [-0.15, -0.1) is 5.10 Å². The average Bonchev–Trinajstić information content (AvgIpc) is 2.99. The molecule has 0 aromatic heterocycles. The van der Waals surface area contributed by atoms with Crippen molar-refractivity contribution < 1.29 is 14.3 Å². The maximum absolute atomic E-state index is 12.3. The smallest absolute Gasteiger partial charge is 0.240 e. The van der Waals surface area contributed by atoms with Crippen molar-refractivity contribution in [3.63, 3.8) is 0 Å². The molecular formula is C22H28N4O3S. The Morgan fingerprint density at radius 3 is 2.67 bits per heavy atom. The Hall–Kier alpha value is -2.61. The fraction of sp³-hybridized carbons (Fsp3) is 0.455. The number of amidine groups is 1. The van der Waals surface area contributed by atoms with E-state index in [0.717, 1.165) is 24.3 Å². The zero-order valence-corrected chi connectivity index (χ0v) is 18.6. The van der Waals surface area contributed by atoms with E-state index >= 15 is 0 Å². The summed E-state index contributed by atoms with van der Waals surface area (Å²) in [4.78, 5) is 24.6. The molecule has 8 heteroatoms. The predicted molar refractivity (Wildman–Crippen MR) is 122 cm³/mol. The molecule has 1 aliphatic carbocycles. The fourth-order valence-corrected chi connectivity index (χ4v) is 4.55. The van der Waals surface area contributed by atoms with Crippen LogP contribution in [0.4, 0.5) is 5.69 Å². The summed E-state index contributed by atoms with van der Waals surface area (Å²) in [6.07, 6.45) is 4.00. The molecule has 1 fully saturated rings. The monoisotopic (exact) mass is 428 g/mol. The predicted octanol–water partition coefficient (Wildman–Crippen LogP) is 4.12. The van der Waals surface area contributed by atoms with Crippen LogP contribution in [-0.4, -0.2) is 34.6 Å². The van der Waals surface area contributed by atoms with E-state index in [4.69, 9.17) is 4.74 Å². The molecule has 1 unspecified atom stereocenters. The lowest BCUT2D eigenvalue weighted by molar-refractivity contribution is -0.122. The molecular weight excluding hydrogens is 400 g/mol. The van der Waals surface area contributed by atoms with Crippen molar-refractivity contribution in [1.29, 1.82) is 0 Å². The Balaban J connectivity index is 1.56. The van der Waals surface area contributed by atoms with Gasteiger partial charge in [0.1, 0.15) is 11.0 Å². The van der Waals surface area contributed by atoms with Crippen molar-refractivity contribution in [1.82, 2.24) is 5.32 Å². The van der Waals surface area contributed by atoms with Gasteiger partial charge in [-0.2, -0.15) is 5.10 Å². The Kier molecular flexibility index (Phi) is 6.97. The molecule has 1 saturated heterocycles. The van der Waals surface area contributed by atoms with Crippen molar-refractivity contribution in [2.75, 3.05) is 11.9 Å². The number of benzene rings is 1. The second-order valence-electron chi connectivity index (χ2n) is 8.31. The van der Waals surface area contributed by atoms with Gasteiger partial charge in [0, 0.05) is 12.1 Å². The number of carbonyl (C=O) groups is 2. The number of nitrogens with zero attached hydrogens (tertiary/aromatic N) is 2. The van der Waals surface area contributed by atoms with Crippen LogP contribution < -0.4 is 15.4 Å². The van der Waals surface area contributed by atoms with Crippen LogP contribution in [0, 0.1) is 5.41 Å². The van der Waals surface area contributed by atoms with E-state index in [9.17, 15) is 9.59 Å². The number of ether oxygens (including phenoxy) is 1. The largest absolute Gasteiger partial charge is 0.494 e. The normalized spacial score (nSPS) is 23.3. The van der Waals surface area contributed by atoms with Crippen LogP contribution >= 0.6 is 11.8 Å². The minimum absolute atomic E-state index is 0.0609. The van der Waals surface area contributed by atoms with E-state index in [0.29, 0.717) is 17.5 Å². The van der Waals surface area contributed by atoms with Gasteiger partial charge >= 0.3 is 0 Å². The first-order valence-electron chi connectivity index (χ1n) is 10.1. The summed E-state index contributed by atoms with van der Waals surface area (Å²) < 4.78 is 5.39. The summed E-state index contributed by atoms with van der Waals surface area (Å²) in [6.45, 7) is 9.00. The first-order chi connectivity index (χ1) is 14.2. The summed E-state index contributed by atoms with van der Waals surface area (Å²) in [5, 5.41) is 14.0. The zero-order chi connectivity index (χ0) is 21.7. The molecule has 160 valence electrons. The maximum atomic E-state index is 12.3. The molecule has 0 bridgehead atoms. The number of thioether (sulfide) groups is 1. The number of carbonyl (C=O) groups excluding carboxylic acids is 2. The Labute approximate surface area is 181 Å². The third-order valence-electron chi connectivity index (χ3n) is 4.70. The fourth-order valence-electron chi connectivity index (χ4n) is 3.64. The quantitative estimate of drug-likeness (QED) is 0.667. The van der Waals surface area contributed by atoms with Crippen LogP contribution in [0.15, 0.2) is 46.1 Å². The minimum atomic E-state index is -0.522. The third-order valence-corrected chi connectivity index (χ3v) is 5.77. The van der Waals surface area contributed by atoms with E-state index < -0.39 is 5.25 Å². The lowest BCUT2D eigenvalue weighted by atomic mass is 9.77. The van der Waals surface area contributed by atoms with E-state index in [1.807, 2.05) is 6.92 Å². The molecule has 0 saturated carbocycles. The average molecular weight is 429 g/mol. The first-order valence-corrected chi connectivity index (χ1v) is 10.9. The lowest BCUT2D eigenvalue weighted by Crippen LogP contribution is -2.28. The van der Waals surface area contributed by atoms with Gasteiger partial charge in [-0.3, -0.25) is 9.59 Å². The summed E-state index contributed by atoms with van der Waals surface area (Å²) in [6, 6.07) is 7.13. The van der Waals surface area contributed by atoms with Crippen LogP contribution in [-0.2, 0) is 9.59 Å². The van der Waals surface area contributed by atoms with E-state index in [-0.39, 0.29) is 23.7 Å². The minimum Gasteiger partial charge on any atom is -0.494 e. The highest BCUT2D eigenvalue weighted by Crippen LogP contribution is 2.34. The standard InChI is InChI=1S/C22H28N4O3S/c1-5-29-17-8-6-15(7-9-17)23-19(27)11-18-20(28)24-21(30-18)26-25-16-10-14(2)12-22(3,4)13-16/h6-10,18H,5,11-13H2,1-4H3,(H,23,27)(H,24,26,28). The van der Waals surface area contributed by atoms with Gasteiger partial charge in [0.2, 0.25) is 11.8 Å². The van der Waals surface area contributed by atoms with Crippen LogP contribution in [0.2, 0.25) is 0 Å². The summed E-state index contributed by atoms with van der Waals surface area (Å²) in [7, 11) is 0. The maximum Gasteiger partial charge on any atom is 0.240 e. The Morgan fingerprint density at radius 2 is 2.00 bits per heavy atom. The van der Waals surface area contributed by atoms with E-state index in [2.05, 4.69) is 47.7 Å². The van der Waals surface area contributed by atoms with E-state index in [1.54, 1.807) is 24.3 Å². The Morgan fingerprint density at radius 1 is 1.27 bits per heavy atom. The van der Waals surface area contributed by atoms with Gasteiger partial charge in [0.25, 0.3) is 0 Å². The molecule has 2 aliphatic rings. The van der Waals surface area contributed by atoms with Gasteiger partial charge in [0.05, 0.1) is 12.3 Å². The van der Waals surface area contributed by atoms with Gasteiger partial charge in [-0.1, -0.05) is 31.2 Å². The molecule has 1 atom stereocenters. The molecule has 2 N–H and O–H groups in total. The van der Waals surface area contributed by atoms with Crippen LogP contribution in [0.25, 0.3) is 0 Å². The van der Waals surface area contributed by atoms with Crippen molar-refractivity contribution in [2.24, 2.45) is 15.6 Å². The van der Waals surface area contributed by atoms with Crippen molar-refractivity contribution in [3.8, 4) is 5.75 Å². The summed E-state index contributed by atoms with van der Waals surface area (Å²) >= 11 is 1.24. The van der Waals surface area contributed by atoms with Crippen LogP contribution in [0.5, 0.6) is 5.75 Å². The summed E-state index contributed by atoms with van der Waals surface area (Å²) in [5.74, 6) is 0.290. The number of hydrogen-bond acceptors (Lipinski definition) is 6. The molecule has 2 amide bonds. The van der Waals surface area contributed by atoms with Crippen molar-refractivity contribution in [3.05, 3.63) is 35.9 Å². The third kappa shape index (κ3) is 6.19. The number of hydrogen-bond donors (Lipinski definition) is 2. The second-order valence-corrected chi connectivity index (χ2v) is 9.50. The van der Waals surface area contributed by atoms with Crippen molar-refractivity contribution in [2.45, 2.75) is 52.2 Å². The number of nitrogens with one attached hydrogen (secondary N) is 2. The highest BCUT2D eigenvalue weighted by Gasteiger charge is 2.32. The number of amides is 2. The highest BCUT2D eigenvalue weighted by molar-refractivity contribution is 8.15. The number of rotatable bonds is 6. The first kappa shape index (κ1) is 22.1. The lowest BCUT2D eigenvalue weighted by Gasteiger charge is -2.28. The molecule has 1 aromatic carbocycles. The van der Waals surface area contributed by atoms with Gasteiger partial charge in [-0.05, 0) is 62.4 Å². The SMILES string of the molecule is CCOc1ccc(NC(=O)CC2SC(=NN=C3C=C(C)CC(C)(C)C3)NC2=O)cc1. The Bertz CT molecular complexity index is 903. The molecule has 7 nitrogen and oxygen atoms in total. The van der Waals surface area contributed by atoms with E-state index in [1.165, 1.54) is 17.3 Å². The number of anilines is 1. The zero-order valence-electron chi connectivity index (χ0n) is 17.8. The van der Waals surface area contributed by atoms with Gasteiger partial charge in [-0.25, -0.2) is 0 Å². The summed E-state index contributed by atoms with van der Waals surface area (Å²) in [5.41, 5.74) is 3.00. The molecule has 0 spiro atoms. The highest BCUT2D eigenvalue weighted by atomic mass is 32.2. The number of allylic oxidation sites excluding steroid dienone is 2.